The molecule has 2 aromatic heterocycles. The first-order valence-electron chi connectivity index (χ1n) is 6.92. The van der Waals surface area contributed by atoms with Crippen LogP contribution in [-0.2, 0) is 0 Å². The molecule has 3 heteroatoms. The van der Waals surface area contributed by atoms with Crippen LogP contribution in [0.1, 0.15) is 0 Å². The topological polar surface area (TPSA) is 32.6 Å². The molecule has 2 aromatic carbocycles. The van der Waals surface area contributed by atoms with Crippen LogP contribution < -0.4 is 4.57 Å². The molecule has 4 aromatic rings. The van der Waals surface area contributed by atoms with Crippen LogP contribution in [0.25, 0.3) is 28.1 Å². The molecule has 1 N–H and O–H groups in total. The number of H-pyrrole nitrogens is 1. The van der Waals surface area contributed by atoms with Gasteiger partial charge < -0.3 is 4.98 Å². The number of para-hydroxylation sites is 3. The predicted molar refractivity (Wildman–Crippen MR) is 83.1 cm³/mol. The van der Waals surface area contributed by atoms with Gasteiger partial charge in [-0.3, -0.25) is 0 Å². The van der Waals surface area contributed by atoms with Crippen LogP contribution in [-0.4, -0.2) is 9.97 Å². The third-order valence-electron chi connectivity index (χ3n) is 3.55. The van der Waals surface area contributed by atoms with Gasteiger partial charge in [-0.05, 0) is 12.1 Å². The molecule has 0 aliphatic carbocycles. The van der Waals surface area contributed by atoms with Gasteiger partial charge in [0.15, 0.2) is 12.4 Å². The summed E-state index contributed by atoms with van der Waals surface area (Å²) in [5, 5.41) is 0. The van der Waals surface area contributed by atoms with E-state index >= 15 is 0 Å². The molecule has 0 unspecified atom stereocenters. The lowest BCUT2D eigenvalue weighted by Gasteiger charge is -1.97. The second-order valence-electron chi connectivity index (χ2n) is 4.93. The third-order valence-corrected chi connectivity index (χ3v) is 3.55. The fourth-order valence-corrected chi connectivity index (χ4v) is 2.45. The van der Waals surface area contributed by atoms with Crippen molar-refractivity contribution >= 4 is 11.0 Å². The molecule has 2 heterocycles. The summed E-state index contributed by atoms with van der Waals surface area (Å²) in [5.41, 5.74) is 4.28. The number of aromatic nitrogens is 3. The Balaban J connectivity index is 1.73. The van der Waals surface area contributed by atoms with Crippen molar-refractivity contribution in [2.75, 3.05) is 0 Å². The number of nitrogens with one attached hydrogen (secondary N) is 1. The number of fused-ring (bicyclic) bond motifs is 1. The molecule has 0 fully saturated rings. The molecule has 0 saturated heterocycles. The summed E-state index contributed by atoms with van der Waals surface area (Å²) >= 11 is 0. The first-order valence-corrected chi connectivity index (χ1v) is 6.92. The summed E-state index contributed by atoms with van der Waals surface area (Å²) in [7, 11) is 0. The number of nitrogens with zero attached hydrogens (tertiary/aromatic N) is 2. The minimum Gasteiger partial charge on any atom is -0.338 e. The standard InChI is InChI=1S/C18H13N3/c1-2-6-15(7-3-1)21-12-10-14(11-13-21)18-19-16-8-4-5-9-17(16)20-18/h1-13H/p+1. The van der Waals surface area contributed by atoms with Crippen molar-refractivity contribution < 1.29 is 4.57 Å². The zero-order valence-corrected chi connectivity index (χ0v) is 11.4. The monoisotopic (exact) mass is 272 g/mol. The fraction of sp³-hybridized carbons (Fsp3) is 0. The van der Waals surface area contributed by atoms with Gasteiger partial charge in [0, 0.05) is 29.8 Å². The lowest BCUT2D eigenvalue weighted by molar-refractivity contribution is -0.595. The molecule has 4 rings (SSSR count). The van der Waals surface area contributed by atoms with Gasteiger partial charge in [-0.2, -0.15) is 4.57 Å². The Morgan fingerprint density at radius 1 is 0.762 bits per heavy atom. The Hall–Kier alpha value is -2.94. The van der Waals surface area contributed by atoms with Crippen LogP contribution in [0.15, 0.2) is 79.1 Å². The summed E-state index contributed by atoms with van der Waals surface area (Å²) in [4.78, 5) is 7.97. The van der Waals surface area contributed by atoms with Gasteiger partial charge in [0.25, 0.3) is 0 Å². The summed E-state index contributed by atoms with van der Waals surface area (Å²) in [6.07, 6.45) is 4.11. The van der Waals surface area contributed by atoms with Gasteiger partial charge in [0.1, 0.15) is 5.82 Å². The highest BCUT2D eigenvalue weighted by Gasteiger charge is 2.08. The molecule has 100 valence electrons. The Morgan fingerprint density at radius 2 is 1.48 bits per heavy atom. The summed E-state index contributed by atoms with van der Waals surface area (Å²) in [6, 6.07) is 22.5. The van der Waals surface area contributed by atoms with E-state index in [0.717, 1.165) is 28.1 Å². The van der Waals surface area contributed by atoms with E-state index in [4.69, 9.17) is 0 Å². The molecule has 0 amide bonds. The average Bonchev–Trinajstić information content (AvgIpc) is 3.00. The SMILES string of the molecule is c1ccc(-[n+]2ccc(-c3nc4ccccc4[nH]3)cc2)cc1. The van der Waals surface area contributed by atoms with Crippen LogP contribution in [0, 0.1) is 0 Å². The van der Waals surface area contributed by atoms with Gasteiger partial charge in [-0.25, -0.2) is 4.98 Å². The van der Waals surface area contributed by atoms with Crippen molar-refractivity contribution in [3.8, 4) is 17.1 Å². The van der Waals surface area contributed by atoms with E-state index in [-0.39, 0.29) is 0 Å². The van der Waals surface area contributed by atoms with E-state index in [9.17, 15) is 0 Å². The normalized spacial score (nSPS) is 10.9. The Labute approximate surface area is 122 Å². The predicted octanol–water partition coefficient (Wildman–Crippen LogP) is 3.51. The van der Waals surface area contributed by atoms with Gasteiger partial charge in [-0.15, -0.1) is 0 Å². The van der Waals surface area contributed by atoms with Crippen molar-refractivity contribution in [3.63, 3.8) is 0 Å². The van der Waals surface area contributed by atoms with E-state index < -0.39 is 0 Å². The first kappa shape index (κ1) is 11.9. The second-order valence-corrected chi connectivity index (χ2v) is 4.93. The van der Waals surface area contributed by atoms with E-state index in [1.54, 1.807) is 0 Å². The minimum atomic E-state index is 0.899. The Bertz CT molecular complexity index is 844. The van der Waals surface area contributed by atoms with Crippen LogP contribution in [0.3, 0.4) is 0 Å². The number of rotatable bonds is 2. The molecule has 0 aliphatic rings. The molecule has 0 spiro atoms. The quantitative estimate of drug-likeness (QED) is 0.556. The van der Waals surface area contributed by atoms with E-state index in [1.165, 1.54) is 0 Å². The van der Waals surface area contributed by atoms with Crippen molar-refractivity contribution in [2.45, 2.75) is 0 Å². The van der Waals surface area contributed by atoms with Crippen molar-refractivity contribution in [2.24, 2.45) is 0 Å². The van der Waals surface area contributed by atoms with E-state index in [1.807, 2.05) is 42.5 Å². The molecule has 21 heavy (non-hydrogen) atoms. The van der Waals surface area contributed by atoms with Crippen LogP contribution in [0.4, 0.5) is 0 Å². The molecule has 0 bridgehead atoms. The van der Waals surface area contributed by atoms with Crippen LogP contribution >= 0.6 is 0 Å². The van der Waals surface area contributed by atoms with E-state index in [2.05, 4.69) is 51.2 Å². The molecule has 3 nitrogen and oxygen atoms in total. The Morgan fingerprint density at radius 3 is 2.24 bits per heavy atom. The van der Waals surface area contributed by atoms with Gasteiger partial charge in [0.2, 0.25) is 5.69 Å². The third kappa shape index (κ3) is 2.19. The number of pyridine rings is 1. The summed E-state index contributed by atoms with van der Waals surface area (Å²) < 4.78 is 2.09. The summed E-state index contributed by atoms with van der Waals surface area (Å²) in [5.74, 6) is 0.899. The van der Waals surface area contributed by atoms with E-state index in [0.29, 0.717) is 0 Å². The fourth-order valence-electron chi connectivity index (χ4n) is 2.45. The lowest BCUT2D eigenvalue weighted by atomic mass is 10.2. The molecule has 0 radical (unpaired) electrons. The zero-order valence-electron chi connectivity index (χ0n) is 11.4. The maximum Gasteiger partial charge on any atom is 0.210 e. The first-order chi connectivity index (χ1) is 10.4. The van der Waals surface area contributed by atoms with Crippen LogP contribution in [0.2, 0.25) is 0 Å². The zero-order chi connectivity index (χ0) is 14.1. The highest BCUT2D eigenvalue weighted by molar-refractivity contribution is 5.79. The van der Waals surface area contributed by atoms with Crippen molar-refractivity contribution in [1.29, 1.82) is 0 Å². The molecular formula is C18H14N3+. The maximum absolute atomic E-state index is 4.62. The second kappa shape index (κ2) is 4.87. The number of hydrogen-bond donors (Lipinski definition) is 1. The highest BCUT2D eigenvalue weighted by Crippen LogP contribution is 2.19. The lowest BCUT2D eigenvalue weighted by Crippen LogP contribution is -2.28. The van der Waals surface area contributed by atoms with Crippen LogP contribution in [0.5, 0.6) is 0 Å². The maximum atomic E-state index is 4.62. The van der Waals surface area contributed by atoms with Gasteiger partial charge in [0.05, 0.1) is 11.0 Å². The van der Waals surface area contributed by atoms with Gasteiger partial charge >= 0.3 is 0 Å². The molecule has 0 saturated carbocycles. The number of imidazole rings is 1. The average molecular weight is 272 g/mol. The number of aromatic amines is 1. The Kier molecular flexibility index (Phi) is 2.75. The minimum absolute atomic E-state index is 0.899. The molecular weight excluding hydrogens is 258 g/mol. The van der Waals surface area contributed by atoms with Crippen molar-refractivity contribution in [3.05, 3.63) is 79.1 Å². The van der Waals surface area contributed by atoms with Crippen molar-refractivity contribution in [1.82, 2.24) is 9.97 Å². The molecule has 0 atom stereocenters. The highest BCUT2D eigenvalue weighted by atomic mass is 14.9. The smallest absolute Gasteiger partial charge is 0.210 e. The summed E-state index contributed by atoms with van der Waals surface area (Å²) in [6.45, 7) is 0. The number of hydrogen-bond acceptors (Lipinski definition) is 1. The largest absolute Gasteiger partial charge is 0.338 e. The molecule has 0 aliphatic heterocycles. The van der Waals surface area contributed by atoms with Gasteiger partial charge in [-0.1, -0.05) is 30.3 Å². The number of benzene rings is 2.